The molecule has 0 aliphatic carbocycles. The van der Waals surface area contributed by atoms with Gasteiger partial charge in [0.25, 0.3) is 0 Å². The number of quaternary nitrogens is 1. The molecule has 0 heterocycles. The molecule has 0 aromatic heterocycles. The first-order valence-electron chi connectivity index (χ1n) is 11.9. The zero-order valence-electron chi connectivity index (χ0n) is 18.2. The van der Waals surface area contributed by atoms with Gasteiger partial charge in [0, 0.05) is 13.0 Å². The largest absolute Gasteiger partial charge is 0.633 e. The Hall–Kier alpha value is -0.120. The molecular weight excluding hydrogens is 322 g/mol. The molecule has 0 fully saturated rings. The molecule has 3 nitrogen and oxygen atoms in total. The van der Waals surface area contributed by atoms with Crippen LogP contribution in [0.15, 0.2) is 0 Å². The van der Waals surface area contributed by atoms with Gasteiger partial charge in [-0.1, -0.05) is 90.9 Å². The average molecular weight is 372 g/mol. The zero-order valence-corrected chi connectivity index (χ0v) is 18.2. The second-order valence-corrected chi connectivity index (χ2v) is 8.26. The maximum Gasteiger partial charge on any atom is 0.0806 e. The molecule has 0 amide bonds. The fourth-order valence-electron chi connectivity index (χ4n) is 3.76. The fraction of sp³-hybridized carbons (Fsp3) is 1.00. The number of aliphatic hydroxyl groups is 1. The Bertz CT molecular complexity index is 251. The minimum Gasteiger partial charge on any atom is -0.633 e. The molecule has 0 saturated heterocycles. The van der Waals surface area contributed by atoms with Crippen molar-refractivity contribution in [2.75, 3.05) is 26.2 Å². The number of rotatable bonds is 21. The van der Waals surface area contributed by atoms with E-state index in [4.69, 9.17) is 5.11 Å². The summed E-state index contributed by atoms with van der Waals surface area (Å²) >= 11 is 0. The highest BCUT2D eigenvalue weighted by Gasteiger charge is 2.15. The summed E-state index contributed by atoms with van der Waals surface area (Å²) in [5.74, 6) is 0. The van der Waals surface area contributed by atoms with Gasteiger partial charge in [0.1, 0.15) is 0 Å². The Morgan fingerprint density at radius 1 is 0.500 bits per heavy atom. The molecule has 26 heavy (non-hydrogen) atoms. The Balaban J connectivity index is 3.78. The minimum absolute atomic E-state index is 0.0633. The smallest absolute Gasteiger partial charge is 0.0806 e. The van der Waals surface area contributed by atoms with Crippen LogP contribution in [0.2, 0.25) is 0 Å². The second-order valence-electron chi connectivity index (χ2n) is 8.26. The normalized spacial score (nSPS) is 12.0. The van der Waals surface area contributed by atoms with Gasteiger partial charge in [-0.2, -0.15) is 0 Å². The van der Waals surface area contributed by atoms with Crippen LogP contribution in [0.1, 0.15) is 123 Å². The SMILES string of the molecule is CCCCCCCCCC[N+]([O-])(CCCO)CCCCCCCCCC. The predicted molar refractivity (Wildman–Crippen MR) is 115 cm³/mol. The predicted octanol–water partition coefficient (Wildman–Crippen LogP) is 6.96. The van der Waals surface area contributed by atoms with Crippen molar-refractivity contribution in [1.29, 1.82) is 0 Å². The van der Waals surface area contributed by atoms with E-state index in [9.17, 15) is 5.21 Å². The molecule has 1 N–H and O–H groups in total. The molecule has 0 saturated carbocycles. The van der Waals surface area contributed by atoms with Crippen LogP contribution >= 0.6 is 0 Å². The molecule has 158 valence electrons. The van der Waals surface area contributed by atoms with Gasteiger partial charge in [0.05, 0.1) is 19.6 Å². The van der Waals surface area contributed by atoms with Crippen molar-refractivity contribution in [2.24, 2.45) is 0 Å². The molecular formula is C23H49NO2. The van der Waals surface area contributed by atoms with Crippen LogP contribution in [0, 0.1) is 5.21 Å². The number of hydroxylamine groups is 3. The van der Waals surface area contributed by atoms with E-state index >= 15 is 0 Å². The molecule has 0 atom stereocenters. The zero-order chi connectivity index (χ0) is 19.3. The average Bonchev–Trinajstić information content (AvgIpc) is 2.64. The van der Waals surface area contributed by atoms with E-state index in [1.54, 1.807) is 0 Å². The summed E-state index contributed by atoms with van der Waals surface area (Å²) < 4.78 is -0.0633. The summed E-state index contributed by atoms with van der Waals surface area (Å²) in [5, 5.41) is 22.1. The first kappa shape index (κ1) is 25.9. The highest BCUT2D eigenvalue weighted by atomic mass is 16.5. The summed E-state index contributed by atoms with van der Waals surface area (Å²) in [6, 6.07) is 0. The van der Waals surface area contributed by atoms with Gasteiger partial charge < -0.3 is 15.0 Å². The molecule has 0 radical (unpaired) electrons. The van der Waals surface area contributed by atoms with Gasteiger partial charge in [0.2, 0.25) is 0 Å². The molecule has 0 aliphatic rings. The van der Waals surface area contributed by atoms with Gasteiger partial charge in [-0.3, -0.25) is 0 Å². The van der Waals surface area contributed by atoms with E-state index in [0.29, 0.717) is 13.0 Å². The van der Waals surface area contributed by atoms with Crippen molar-refractivity contribution in [3.8, 4) is 0 Å². The lowest BCUT2D eigenvalue weighted by atomic mass is 10.1. The number of hydrogen-bond donors (Lipinski definition) is 1. The number of hydrogen-bond acceptors (Lipinski definition) is 2. The van der Waals surface area contributed by atoms with Gasteiger partial charge >= 0.3 is 0 Å². The third kappa shape index (κ3) is 17.3. The molecule has 0 unspecified atom stereocenters. The maximum absolute atomic E-state index is 13.0. The lowest BCUT2D eigenvalue weighted by molar-refractivity contribution is -0.881. The van der Waals surface area contributed by atoms with E-state index in [1.165, 1.54) is 89.9 Å². The van der Waals surface area contributed by atoms with E-state index in [0.717, 1.165) is 25.9 Å². The van der Waals surface area contributed by atoms with Crippen molar-refractivity contribution in [1.82, 2.24) is 0 Å². The Labute approximate surface area is 164 Å². The third-order valence-corrected chi connectivity index (χ3v) is 5.56. The quantitative estimate of drug-likeness (QED) is 0.134. The molecule has 0 aromatic carbocycles. The number of unbranched alkanes of at least 4 members (excludes halogenated alkanes) is 14. The van der Waals surface area contributed by atoms with Gasteiger partial charge in [0.15, 0.2) is 0 Å². The number of aliphatic hydroxyl groups excluding tert-OH is 1. The lowest BCUT2D eigenvalue weighted by Crippen LogP contribution is -2.44. The van der Waals surface area contributed by atoms with Crippen LogP contribution in [-0.4, -0.2) is 36.0 Å². The highest BCUT2D eigenvalue weighted by molar-refractivity contribution is 4.52. The van der Waals surface area contributed by atoms with E-state index < -0.39 is 0 Å². The van der Waals surface area contributed by atoms with Crippen LogP contribution in [-0.2, 0) is 0 Å². The van der Waals surface area contributed by atoms with Gasteiger partial charge in [-0.25, -0.2) is 0 Å². The van der Waals surface area contributed by atoms with Crippen molar-refractivity contribution >= 4 is 0 Å². The maximum atomic E-state index is 13.0. The second kappa shape index (κ2) is 19.6. The monoisotopic (exact) mass is 371 g/mol. The van der Waals surface area contributed by atoms with Gasteiger partial charge in [-0.15, -0.1) is 0 Å². The van der Waals surface area contributed by atoms with Crippen molar-refractivity contribution in [3.05, 3.63) is 5.21 Å². The van der Waals surface area contributed by atoms with Crippen LogP contribution in [0.25, 0.3) is 0 Å². The van der Waals surface area contributed by atoms with Crippen LogP contribution in [0.3, 0.4) is 0 Å². The summed E-state index contributed by atoms with van der Waals surface area (Å²) in [4.78, 5) is 0. The molecule has 0 aromatic rings. The molecule has 3 heteroatoms. The Morgan fingerprint density at radius 2 is 0.808 bits per heavy atom. The highest BCUT2D eigenvalue weighted by Crippen LogP contribution is 2.16. The topological polar surface area (TPSA) is 43.3 Å². The summed E-state index contributed by atoms with van der Waals surface area (Å²) in [6.07, 6.45) is 21.2. The standard InChI is InChI=1S/C23H49NO2/c1-3-5-7-9-11-13-15-17-20-24(26,22-19-23-25)21-18-16-14-12-10-8-6-4-2/h25H,3-23H2,1-2H3. The van der Waals surface area contributed by atoms with Crippen LogP contribution in [0.4, 0.5) is 0 Å². The molecule has 0 rings (SSSR count). The van der Waals surface area contributed by atoms with E-state index in [-0.39, 0.29) is 11.3 Å². The number of nitrogens with zero attached hydrogens (tertiary/aromatic N) is 1. The molecule has 0 aliphatic heterocycles. The van der Waals surface area contributed by atoms with Crippen LogP contribution < -0.4 is 0 Å². The van der Waals surface area contributed by atoms with Crippen molar-refractivity contribution in [3.63, 3.8) is 0 Å². The lowest BCUT2D eigenvalue weighted by Gasteiger charge is -2.43. The summed E-state index contributed by atoms with van der Waals surface area (Å²) in [5.41, 5.74) is 0. The van der Waals surface area contributed by atoms with Gasteiger partial charge in [-0.05, 0) is 25.7 Å². The molecule has 0 bridgehead atoms. The fourth-order valence-corrected chi connectivity index (χ4v) is 3.76. The van der Waals surface area contributed by atoms with Crippen LogP contribution in [0.5, 0.6) is 0 Å². The van der Waals surface area contributed by atoms with E-state index in [2.05, 4.69) is 13.8 Å². The Morgan fingerprint density at radius 3 is 1.15 bits per heavy atom. The minimum atomic E-state index is -0.0633. The summed E-state index contributed by atoms with van der Waals surface area (Å²) in [7, 11) is 0. The first-order chi connectivity index (χ1) is 12.7. The van der Waals surface area contributed by atoms with Crippen molar-refractivity contribution in [2.45, 2.75) is 123 Å². The first-order valence-corrected chi connectivity index (χ1v) is 11.9. The Kier molecular flexibility index (Phi) is 19.5. The van der Waals surface area contributed by atoms with Crippen molar-refractivity contribution < 1.29 is 9.75 Å². The molecule has 0 spiro atoms. The third-order valence-electron chi connectivity index (χ3n) is 5.56. The van der Waals surface area contributed by atoms with E-state index in [1.807, 2.05) is 0 Å². The summed E-state index contributed by atoms with van der Waals surface area (Å²) in [6.45, 7) is 6.77.